The van der Waals surface area contributed by atoms with Gasteiger partial charge in [-0.15, -0.1) is 0 Å². The SMILES string of the molecule is CCCCCCCCC=C(C(=O)Nc1ccc(C(=O)O)cc1)c1ccc2c(c1)C(C)(C)CCC2(C)C. The van der Waals surface area contributed by atoms with E-state index < -0.39 is 5.97 Å². The van der Waals surface area contributed by atoms with Crippen molar-refractivity contribution in [2.24, 2.45) is 0 Å². The van der Waals surface area contributed by atoms with Gasteiger partial charge in [0, 0.05) is 11.3 Å². The van der Waals surface area contributed by atoms with E-state index in [1.807, 2.05) is 0 Å². The van der Waals surface area contributed by atoms with E-state index >= 15 is 0 Å². The minimum atomic E-state index is -0.980. The van der Waals surface area contributed by atoms with Crippen LogP contribution in [0.5, 0.6) is 0 Å². The van der Waals surface area contributed by atoms with Gasteiger partial charge in [0.25, 0.3) is 5.91 Å². The highest BCUT2D eigenvalue weighted by molar-refractivity contribution is 6.25. The number of fused-ring (bicyclic) bond motifs is 1. The van der Waals surface area contributed by atoms with Gasteiger partial charge in [-0.05, 0) is 77.5 Å². The molecule has 1 aliphatic carbocycles. The van der Waals surface area contributed by atoms with Crippen molar-refractivity contribution in [3.05, 3.63) is 70.8 Å². The van der Waals surface area contributed by atoms with Gasteiger partial charge in [-0.25, -0.2) is 4.79 Å². The predicted octanol–water partition coefficient (Wildman–Crippen LogP) is 8.51. The first-order valence-electron chi connectivity index (χ1n) is 13.6. The van der Waals surface area contributed by atoms with Gasteiger partial charge < -0.3 is 10.4 Å². The fraction of sp³-hybridized carbons (Fsp3) is 0.500. The maximum atomic E-state index is 13.5. The van der Waals surface area contributed by atoms with Gasteiger partial charge in [0.2, 0.25) is 0 Å². The van der Waals surface area contributed by atoms with Crippen LogP contribution >= 0.6 is 0 Å². The Balaban J connectivity index is 1.88. The van der Waals surface area contributed by atoms with Crippen molar-refractivity contribution in [1.29, 1.82) is 0 Å². The Morgan fingerprint density at radius 1 is 0.833 bits per heavy atom. The van der Waals surface area contributed by atoms with Gasteiger partial charge >= 0.3 is 5.97 Å². The summed E-state index contributed by atoms with van der Waals surface area (Å²) in [6, 6.07) is 12.9. The maximum absolute atomic E-state index is 13.5. The van der Waals surface area contributed by atoms with E-state index in [9.17, 15) is 9.59 Å². The largest absolute Gasteiger partial charge is 0.478 e. The van der Waals surface area contributed by atoms with Gasteiger partial charge in [0.05, 0.1) is 5.56 Å². The number of rotatable bonds is 11. The van der Waals surface area contributed by atoms with Crippen LogP contribution in [0.3, 0.4) is 0 Å². The molecule has 0 spiro atoms. The van der Waals surface area contributed by atoms with Crippen LogP contribution in [0.15, 0.2) is 48.5 Å². The predicted molar refractivity (Wildman–Crippen MR) is 150 cm³/mol. The van der Waals surface area contributed by atoms with E-state index in [4.69, 9.17) is 5.11 Å². The van der Waals surface area contributed by atoms with Crippen molar-refractivity contribution in [3.63, 3.8) is 0 Å². The lowest BCUT2D eigenvalue weighted by Gasteiger charge is -2.42. The molecule has 0 heterocycles. The standard InChI is InChI=1S/C32H43NO3/c1-6-7-8-9-10-11-12-13-26(29(34)33-25-17-14-23(15-18-25)30(35)36)24-16-19-27-28(22-24)32(4,5)21-20-31(27,2)3/h13-19,22H,6-12,20-21H2,1-5H3,(H,33,34)(H,35,36). The number of carboxylic acids is 1. The molecule has 0 saturated carbocycles. The van der Waals surface area contributed by atoms with Crippen molar-refractivity contribution >= 4 is 23.1 Å². The monoisotopic (exact) mass is 489 g/mol. The van der Waals surface area contributed by atoms with Gasteiger partial charge in [-0.1, -0.05) is 91.0 Å². The van der Waals surface area contributed by atoms with Crippen LogP contribution in [0.2, 0.25) is 0 Å². The van der Waals surface area contributed by atoms with Gasteiger partial charge in [-0.2, -0.15) is 0 Å². The molecule has 0 aromatic heterocycles. The van der Waals surface area contributed by atoms with Crippen LogP contribution in [0.1, 0.15) is 119 Å². The number of allylic oxidation sites excluding steroid dienone is 1. The fourth-order valence-corrected chi connectivity index (χ4v) is 5.16. The lowest BCUT2D eigenvalue weighted by atomic mass is 9.63. The summed E-state index contributed by atoms with van der Waals surface area (Å²) in [7, 11) is 0. The van der Waals surface area contributed by atoms with Crippen LogP contribution in [0, 0.1) is 0 Å². The molecule has 0 aliphatic heterocycles. The Morgan fingerprint density at radius 3 is 2.06 bits per heavy atom. The highest BCUT2D eigenvalue weighted by Crippen LogP contribution is 2.46. The highest BCUT2D eigenvalue weighted by atomic mass is 16.4. The van der Waals surface area contributed by atoms with Crippen molar-refractivity contribution < 1.29 is 14.7 Å². The third kappa shape index (κ3) is 6.87. The molecule has 0 atom stereocenters. The minimum absolute atomic E-state index is 0.0639. The van der Waals surface area contributed by atoms with E-state index in [1.54, 1.807) is 12.1 Å². The summed E-state index contributed by atoms with van der Waals surface area (Å²) in [5.41, 5.74) is 5.33. The number of hydrogen-bond donors (Lipinski definition) is 2. The molecular weight excluding hydrogens is 446 g/mol. The number of benzene rings is 2. The summed E-state index contributed by atoms with van der Waals surface area (Å²) in [5.74, 6) is -1.14. The molecule has 1 aliphatic rings. The molecule has 0 saturated heterocycles. The van der Waals surface area contributed by atoms with Crippen LogP contribution in [-0.4, -0.2) is 17.0 Å². The molecule has 0 unspecified atom stereocenters. The number of nitrogens with one attached hydrogen (secondary N) is 1. The van der Waals surface area contributed by atoms with Gasteiger partial charge in [-0.3, -0.25) is 4.79 Å². The molecule has 2 aromatic rings. The first kappa shape index (κ1) is 27.7. The lowest BCUT2D eigenvalue weighted by molar-refractivity contribution is -0.111. The topological polar surface area (TPSA) is 66.4 Å². The number of carbonyl (C=O) groups excluding carboxylic acids is 1. The lowest BCUT2D eigenvalue weighted by Crippen LogP contribution is -2.34. The Morgan fingerprint density at radius 2 is 1.42 bits per heavy atom. The van der Waals surface area contributed by atoms with E-state index in [0.717, 1.165) is 31.2 Å². The molecule has 36 heavy (non-hydrogen) atoms. The number of amides is 1. The molecule has 2 N–H and O–H groups in total. The highest BCUT2D eigenvalue weighted by Gasteiger charge is 2.37. The number of unbranched alkanes of at least 4 members (excludes halogenated alkanes) is 6. The third-order valence-electron chi connectivity index (χ3n) is 7.70. The molecule has 4 heteroatoms. The van der Waals surface area contributed by atoms with Crippen molar-refractivity contribution in [2.45, 2.75) is 103 Å². The Bertz CT molecular complexity index is 1090. The minimum Gasteiger partial charge on any atom is -0.478 e. The summed E-state index contributed by atoms with van der Waals surface area (Å²) in [6.07, 6.45) is 12.5. The van der Waals surface area contributed by atoms with Gasteiger partial charge in [0.15, 0.2) is 0 Å². The Hall–Kier alpha value is -2.88. The summed E-state index contributed by atoms with van der Waals surface area (Å²) in [4.78, 5) is 24.7. The molecule has 0 bridgehead atoms. The summed E-state index contributed by atoms with van der Waals surface area (Å²) in [5, 5.41) is 12.2. The summed E-state index contributed by atoms with van der Waals surface area (Å²) in [6.45, 7) is 11.4. The second-order valence-electron chi connectivity index (χ2n) is 11.5. The Labute approximate surface area is 217 Å². The zero-order valence-electron chi connectivity index (χ0n) is 22.7. The first-order valence-corrected chi connectivity index (χ1v) is 13.6. The number of anilines is 1. The number of carbonyl (C=O) groups is 2. The fourth-order valence-electron chi connectivity index (χ4n) is 5.16. The second-order valence-corrected chi connectivity index (χ2v) is 11.5. The summed E-state index contributed by atoms with van der Waals surface area (Å²) < 4.78 is 0. The third-order valence-corrected chi connectivity index (χ3v) is 7.70. The van der Waals surface area contributed by atoms with E-state index in [0.29, 0.717) is 11.3 Å². The summed E-state index contributed by atoms with van der Waals surface area (Å²) >= 11 is 0. The quantitative estimate of drug-likeness (QED) is 0.245. The molecule has 2 aromatic carbocycles. The van der Waals surface area contributed by atoms with Crippen molar-refractivity contribution in [2.75, 3.05) is 5.32 Å². The van der Waals surface area contributed by atoms with Gasteiger partial charge in [0.1, 0.15) is 0 Å². The molecule has 194 valence electrons. The molecule has 4 nitrogen and oxygen atoms in total. The van der Waals surface area contributed by atoms with Crippen molar-refractivity contribution in [3.8, 4) is 0 Å². The smallest absolute Gasteiger partial charge is 0.335 e. The molecule has 0 fully saturated rings. The number of hydrogen-bond acceptors (Lipinski definition) is 2. The van der Waals surface area contributed by atoms with E-state index in [-0.39, 0.29) is 22.3 Å². The van der Waals surface area contributed by atoms with E-state index in [1.165, 1.54) is 55.4 Å². The second kappa shape index (κ2) is 11.9. The Kier molecular flexibility index (Phi) is 9.16. The average molecular weight is 490 g/mol. The number of carboxylic acid groups (broad SMARTS) is 1. The molecular formula is C32H43NO3. The molecule has 0 radical (unpaired) electrons. The molecule has 3 rings (SSSR count). The maximum Gasteiger partial charge on any atom is 0.335 e. The first-order chi connectivity index (χ1) is 17.0. The van der Waals surface area contributed by atoms with Crippen molar-refractivity contribution in [1.82, 2.24) is 0 Å². The van der Waals surface area contributed by atoms with Crippen LogP contribution in [0.4, 0.5) is 5.69 Å². The normalized spacial score (nSPS) is 16.3. The zero-order chi connectivity index (χ0) is 26.3. The van der Waals surface area contributed by atoms with Crippen LogP contribution in [-0.2, 0) is 15.6 Å². The van der Waals surface area contributed by atoms with Crippen LogP contribution < -0.4 is 5.32 Å². The number of aromatic carboxylic acids is 1. The molecule has 1 amide bonds. The van der Waals surface area contributed by atoms with E-state index in [2.05, 4.69) is 64.2 Å². The zero-order valence-corrected chi connectivity index (χ0v) is 22.7. The van der Waals surface area contributed by atoms with Crippen LogP contribution in [0.25, 0.3) is 5.57 Å². The average Bonchev–Trinajstić information content (AvgIpc) is 2.84.